The molecule has 6 heteroatoms. The summed E-state index contributed by atoms with van der Waals surface area (Å²) >= 11 is 0. The minimum Gasteiger partial charge on any atom is -0.316 e. The highest BCUT2D eigenvalue weighted by Gasteiger charge is 2.31. The Bertz CT molecular complexity index is 596. The van der Waals surface area contributed by atoms with Crippen LogP contribution in [0.4, 0.5) is 4.39 Å². The van der Waals surface area contributed by atoms with Crippen molar-refractivity contribution >= 4 is 10.0 Å². The molecule has 0 amide bonds. The van der Waals surface area contributed by atoms with Crippen LogP contribution in [0.25, 0.3) is 0 Å². The van der Waals surface area contributed by atoms with E-state index in [2.05, 4.69) is 17.0 Å². The number of rotatable bonds is 6. The SMILES string of the molecule is CNCc1ccc(F)c(S(=O)(=O)NCC2(C)CCCC2)c1. The maximum Gasteiger partial charge on any atom is 0.243 e. The Morgan fingerprint density at radius 3 is 2.57 bits per heavy atom. The lowest BCUT2D eigenvalue weighted by Gasteiger charge is -2.23. The molecule has 118 valence electrons. The fraction of sp³-hybridized carbons (Fsp3) is 0.600. The second-order valence-electron chi connectivity index (χ2n) is 6.14. The van der Waals surface area contributed by atoms with Crippen molar-refractivity contribution in [3.63, 3.8) is 0 Å². The highest BCUT2D eigenvalue weighted by molar-refractivity contribution is 7.89. The third-order valence-electron chi connectivity index (χ3n) is 4.17. The standard InChI is InChI=1S/C15H23FN2O2S/c1-15(7-3-4-8-15)11-18-21(19,20)14-9-12(10-17-2)5-6-13(14)16/h5-6,9,17-18H,3-4,7-8,10-11H2,1-2H3. The lowest BCUT2D eigenvalue weighted by atomic mass is 9.89. The van der Waals surface area contributed by atoms with Crippen molar-refractivity contribution in [2.24, 2.45) is 5.41 Å². The molecule has 0 saturated heterocycles. The van der Waals surface area contributed by atoms with E-state index in [9.17, 15) is 12.8 Å². The predicted octanol–water partition coefficient (Wildman–Crippen LogP) is 2.40. The van der Waals surface area contributed by atoms with Gasteiger partial charge in [0.2, 0.25) is 10.0 Å². The van der Waals surface area contributed by atoms with Gasteiger partial charge in [-0.1, -0.05) is 25.8 Å². The molecule has 1 aromatic rings. The first-order chi connectivity index (χ1) is 9.86. The monoisotopic (exact) mass is 314 g/mol. The van der Waals surface area contributed by atoms with Crippen molar-refractivity contribution in [1.82, 2.24) is 10.0 Å². The second kappa shape index (κ2) is 6.42. The third-order valence-corrected chi connectivity index (χ3v) is 5.58. The largest absolute Gasteiger partial charge is 0.316 e. The van der Waals surface area contributed by atoms with Crippen molar-refractivity contribution in [3.8, 4) is 0 Å². The molecule has 0 aromatic heterocycles. The van der Waals surface area contributed by atoms with Crippen LogP contribution in [0.1, 0.15) is 38.2 Å². The second-order valence-corrected chi connectivity index (χ2v) is 7.87. The van der Waals surface area contributed by atoms with Crippen molar-refractivity contribution in [1.29, 1.82) is 0 Å². The lowest BCUT2D eigenvalue weighted by molar-refractivity contribution is 0.336. The highest BCUT2D eigenvalue weighted by atomic mass is 32.2. The first kappa shape index (κ1) is 16.4. The molecular formula is C15H23FN2O2S. The van der Waals surface area contributed by atoms with Crippen molar-refractivity contribution in [3.05, 3.63) is 29.6 Å². The van der Waals surface area contributed by atoms with Crippen LogP contribution in [0.2, 0.25) is 0 Å². The van der Waals surface area contributed by atoms with E-state index in [0.29, 0.717) is 13.1 Å². The summed E-state index contributed by atoms with van der Waals surface area (Å²) in [6.07, 6.45) is 4.28. The first-order valence-electron chi connectivity index (χ1n) is 7.29. The van der Waals surface area contributed by atoms with Gasteiger partial charge in [-0.05, 0) is 43.0 Å². The molecule has 0 spiro atoms. The molecule has 0 aliphatic heterocycles. The molecule has 2 N–H and O–H groups in total. The van der Waals surface area contributed by atoms with E-state index in [-0.39, 0.29) is 10.3 Å². The number of benzene rings is 1. The smallest absolute Gasteiger partial charge is 0.243 e. The van der Waals surface area contributed by atoms with E-state index in [0.717, 1.165) is 31.2 Å². The van der Waals surface area contributed by atoms with E-state index in [1.165, 1.54) is 12.1 Å². The molecule has 1 saturated carbocycles. The van der Waals surface area contributed by atoms with E-state index in [4.69, 9.17) is 0 Å². The van der Waals surface area contributed by atoms with Crippen LogP contribution >= 0.6 is 0 Å². The van der Waals surface area contributed by atoms with Gasteiger partial charge in [-0.25, -0.2) is 17.5 Å². The van der Waals surface area contributed by atoms with Crippen molar-refractivity contribution in [2.45, 2.75) is 44.0 Å². The van der Waals surface area contributed by atoms with Gasteiger partial charge in [0.25, 0.3) is 0 Å². The lowest BCUT2D eigenvalue weighted by Crippen LogP contribution is -2.34. The molecule has 1 fully saturated rings. The van der Waals surface area contributed by atoms with Crippen LogP contribution in [-0.4, -0.2) is 22.0 Å². The zero-order chi connectivity index (χ0) is 15.5. The average Bonchev–Trinajstić information content (AvgIpc) is 2.87. The summed E-state index contributed by atoms with van der Waals surface area (Å²) in [6, 6.07) is 4.19. The number of halogens is 1. The summed E-state index contributed by atoms with van der Waals surface area (Å²) in [5.74, 6) is -0.709. The number of sulfonamides is 1. The van der Waals surface area contributed by atoms with Crippen LogP contribution in [0.5, 0.6) is 0 Å². The van der Waals surface area contributed by atoms with Crippen LogP contribution in [0.3, 0.4) is 0 Å². The van der Waals surface area contributed by atoms with Gasteiger partial charge in [0, 0.05) is 13.1 Å². The van der Waals surface area contributed by atoms with Crippen LogP contribution in [-0.2, 0) is 16.6 Å². The summed E-state index contributed by atoms with van der Waals surface area (Å²) in [4.78, 5) is -0.267. The number of hydrogen-bond acceptors (Lipinski definition) is 3. The molecular weight excluding hydrogens is 291 g/mol. The topological polar surface area (TPSA) is 58.2 Å². The molecule has 0 heterocycles. The molecule has 0 radical (unpaired) electrons. The normalized spacial score (nSPS) is 18.0. The molecule has 4 nitrogen and oxygen atoms in total. The fourth-order valence-electron chi connectivity index (χ4n) is 2.82. The molecule has 0 bridgehead atoms. The van der Waals surface area contributed by atoms with E-state index < -0.39 is 15.8 Å². The van der Waals surface area contributed by atoms with E-state index in [1.807, 2.05) is 0 Å². The molecule has 1 aromatic carbocycles. The zero-order valence-corrected chi connectivity index (χ0v) is 13.4. The summed E-state index contributed by atoms with van der Waals surface area (Å²) in [6.45, 7) is 2.95. The molecule has 21 heavy (non-hydrogen) atoms. The van der Waals surface area contributed by atoms with Gasteiger partial charge in [-0.15, -0.1) is 0 Å². The van der Waals surface area contributed by atoms with Gasteiger partial charge in [0.15, 0.2) is 0 Å². The summed E-state index contributed by atoms with van der Waals surface area (Å²) in [5.41, 5.74) is 0.734. The molecule has 0 atom stereocenters. The minimum atomic E-state index is -3.81. The van der Waals surface area contributed by atoms with Crippen molar-refractivity contribution < 1.29 is 12.8 Å². The Balaban J connectivity index is 2.16. The number of hydrogen-bond donors (Lipinski definition) is 2. The number of nitrogens with one attached hydrogen (secondary N) is 2. The van der Waals surface area contributed by atoms with Crippen LogP contribution < -0.4 is 10.0 Å². The van der Waals surface area contributed by atoms with Gasteiger partial charge in [0.1, 0.15) is 10.7 Å². The van der Waals surface area contributed by atoms with Crippen molar-refractivity contribution in [2.75, 3.05) is 13.6 Å². The first-order valence-corrected chi connectivity index (χ1v) is 8.77. The molecule has 0 unspecified atom stereocenters. The van der Waals surface area contributed by atoms with Gasteiger partial charge in [0.05, 0.1) is 0 Å². The Morgan fingerprint density at radius 2 is 1.95 bits per heavy atom. The van der Waals surface area contributed by atoms with E-state index >= 15 is 0 Å². The fourth-order valence-corrected chi connectivity index (χ4v) is 4.15. The predicted molar refractivity (Wildman–Crippen MR) is 80.9 cm³/mol. The average molecular weight is 314 g/mol. The summed E-state index contributed by atoms with van der Waals surface area (Å²) < 4.78 is 41.1. The highest BCUT2D eigenvalue weighted by Crippen LogP contribution is 2.37. The van der Waals surface area contributed by atoms with Gasteiger partial charge < -0.3 is 5.32 Å². The molecule has 1 aliphatic carbocycles. The van der Waals surface area contributed by atoms with Gasteiger partial charge >= 0.3 is 0 Å². The van der Waals surface area contributed by atoms with Crippen LogP contribution in [0.15, 0.2) is 23.1 Å². The van der Waals surface area contributed by atoms with Gasteiger partial charge in [-0.2, -0.15) is 0 Å². The summed E-state index contributed by atoms with van der Waals surface area (Å²) in [5, 5.41) is 2.93. The van der Waals surface area contributed by atoms with Gasteiger partial charge in [-0.3, -0.25) is 0 Å². The Hall–Kier alpha value is -0.980. The quantitative estimate of drug-likeness (QED) is 0.848. The Morgan fingerprint density at radius 1 is 1.29 bits per heavy atom. The maximum atomic E-state index is 13.9. The minimum absolute atomic E-state index is 0.00781. The summed E-state index contributed by atoms with van der Waals surface area (Å²) in [7, 11) is -2.05. The molecule has 2 rings (SSSR count). The Labute approximate surface area is 126 Å². The third kappa shape index (κ3) is 4.02. The molecule has 1 aliphatic rings. The zero-order valence-electron chi connectivity index (χ0n) is 12.6. The Kier molecular flexibility index (Phi) is 5.01. The maximum absolute atomic E-state index is 13.9. The van der Waals surface area contributed by atoms with E-state index in [1.54, 1.807) is 13.1 Å². The van der Waals surface area contributed by atoms with Crippen LogP contribution in [0, 0.1) is 11.2 Å².